The fraction of sp³-hybridized carbons (Fsp3) is 0.364. The van der Waals surface area contributed by atoms with Gasteiger partial charge in [-0.15, -0.1) is 5.10 Å². The zero-order valence-corrected chi connectivity index (χ0v) is 10.4. The molecule has 0 aliphatic carbocycles. The number of aromatic carboxylic acids is 1. The molecule has 2 aromatic rings. The number of carboxylic acid groups (broad SMARTS) is 1. The van der Waals surface area contributed by atoms with Crippen LogP contribution in [0.25, 0.3) is 11.0 Å². The lowest BCUT2D eigenvalue weighted by molar-refractivity contribution is -0.383. The Hall–Kier alpha value is -2.51. The SMILES string of the molecule is CC(C)Cn1nnc2cc(C(=O)O)cc([N+](=O)[O-])c21. The Bertz CT molecular complexity index is 662. The van der Waals surface area contributed by atoms with Gasteiger partial charge in [-0.05, 0) is 12.0 Å². The molecule has 2 rings (SSSR count). The highest BCUT2D eigenvalue weighted by Crippen LogP contribution is 2.26. The minimum Gasteiger partial charge on any atom is -0.478 e. The minimum absolute atomic E-state index is 0.171. The molecule has 1 aromatic carbocycles. The number of carbonyl (C=O) groups is 1. The zero-order chi connectivity index (χ0) is 14.2. The molecule has 100 valence electrons. The summed E-state index contributed by atoms with van der Waals surface area (Å²) in [5, 5.41) is 27.6. The number of nitrogens with zero attached hydrogens (tertiary/aromatic N) is 4. The first-order valence-corrected chi connectivity index (χ1v) is 5.65. The van der Waals surface area contributed by atoms with Crippen molar-refractivity contribution in [3.63, 3.8) is 0 Å². The Morgan fingerprint density at radius 2 is 2.21 bits per heavy atom. The average molecular weight is 264 g/mol. The van der Waals surface area contributed by atoms with E-state index in [1.807, 2.05) is 13.8 Å². The molecule has 0 spiro atoms. The van der Waals surface area contributed by atoms with Gasteiger partial charge in [0.2, 0.25) is 0 Å². The van der Waals surface area contributed by atoms with Gasteiger partial charge in [0.05, 0.1) is 10.5 Å². The van der Waals surface area contributed by atoms with Gasteiger partial charge in [0.25, 0.3) is 5.69 Å². The molecule has 0 atom stereocenters. The first-order chi connectivity index (χ1) is 8.90. The van der Waals surface area contributed by atoms with Crippen LogP contribution in [-0.4, -0.2) is 31.0 Å². The predicted octanol–water partition coefficient (Wildman–Crippen LogP) is 1.69. The fourth-order valence-corrected chi connectivity index (χ4v) is 1.83. The number of nitro benzene ring substituents is 1. The molecule has 0 saturated carbocycles. The van der Waals surface area contributed by atoms with Crippen molar-refractivity contribution >= 4 is 22.7 Å². The molecule has 19 heavy (non-hydrogen) atoms. The highest BCUT2D eigenvalue weighted by atomic mass is 16.6. The summed E-state index contributed by atoms with van der Waals surface area (Å²) in [5.74, 6) is -0.993. The lowest BCUT2D eigenvalue weighted by Gasteiger charge is -2.05. The number of hydrogen-bond acceptors (Lipinski definition) is 5. The molecule has 8 nitrogen and oxygen atoms in total. The van der Waals surface area contributed by atoms with Crippen LogP contribution in [0.3, 0.4) is 0 Å². The van der Waals surface area contributed by atoms with Gasteiger partial charge < -0.3 is 5.11 Å². The van der Waals surface area contributed by atoms with Crippen molar-refractivity contribution in [1.82, 2.24) is 15.0 Å². The summed E-state index contributed by atoms with van der Waals surface area (Å²) < 4.78 is 1.43. The van der Waals surface area contributed by atoms with E-state index in [-0.39, 0.29) is 28.2 Å². The Balaban J connectivity index is 2.71. The van der Waals surface area contributed by atoms with Gasteiger partial charge >= 0.3 is 5.97 Å². The number of non-ortho nitro benzene ring substituents is 1. The first-order valence-electron chi connectivity index (χ1n) is 5.65. The lowest BCUT2D eigenvalue weighted by Crippen LogP contribution is -2.08. The Morgan fingerprint density at radius 1 is 1.53 bits per heavy atom. The molecule has 8 heteroatoms. The number of fused-ring (bicyclic) bond motifs is 1. The molecule has 0 bridgehead atoms. The molecule has 1 aromatic heterocycles. The van der Waals surface area contributed by atoms with E-state index in [2.05, 4.69) is 10.3 Å². The number of aromatic nitrogens is 3. The molecule has 0 fully saturated rings. The minimum atomic E-state index is -1.23. The van der Waals surface area contributed by atoms with Crippen molar-refractivity contribution in [3.8, 4) is 0 Å². The summed E-state index contributed by atoms with van der Waals surface area (Å²) in [6, 6.07) is 2.32. The van der Waals surface area contributed by atoms with Crippen molar-refractivity contribution < 1.29 is 14.8 Å². The van der Waals surface area contributed by atoms with Gasteiger partial charge in [-0.1, -0.05) is 19.1 Å². The van der Waals surface area contributed by atoms with Crippen molar-refractivity contribution in [1.29, 1.82) is 0 Å². The number of benzene rings is 1. The predicted molar refractivity (Wildman–Crippen MR) is 66.0 cm³/mol. The zero-order valence-electron chi connectivity index (χ0n) is 10.4. The van der Waals surface area contributed by atoms with Crippen LogP contribution < -0.4 is 0 Å². The van der Waals surface area contributed by atoms with E-state index in [4.69, 9.17) is 5.11 Å². The third kappa shape index (κ3) is 2.37. The van der Waals surface area contributed by atoms with Crippen LogP contribution in [0.1, 0.15) is 24.2 Å². The van der Waals surface area contributed by atoms with Crippen LogP contribution >= 0.6 is 0 Å². The van der Waals surface area contributed by atoms with E-state index in [9.17, 15) is 14.9 Å². The second-order valence-corrected chi connectivity index (χ2v) is 4.59. The van der Waals surface area contributed by atoms with Crippen molar-refractivity contribution in [2.24, 2.45) is 5.92 Å². The highest BCUT2D eigenvalue weighted by Gasteiger charge is 2.22. The topological polar surface area (TPSA) is 111 Å². The van der Waals surface area contributed by atoms with E-state index in [1.54, 1.807) is 0 Å². The molecule has 0 saturated heterocycles. The molecule has 0 radical (unpaired) electrons. The molecular formula is C11H12N4O4. The number of carboxylic acids is 1. The fourth-order valence-electron chi connectivity index (χ4n) is 1.83. The summed E-state index contributed by atoms with van der Waals surface area (Å²) in [5.41, 5.74) is 0.00676. The van der Waals surface area contributed by atoms with E-state index in [0.717, 1.165) is 6.07 Å². The third-order valence-corrected chi connectivity index (χ3v) is 2.57. The maximum Gasteiger partial charge on any atom is 0.336 e. The van der Waals surface area contributed by atoms with Crippen LogP contribution in [0.4, 0.5) is 5.69 Å². The van der Waals surface area contributed by atoms with E-state index >= 15 is 0 Å². The summed E-state index contributed by atoms with van der Waals surface area (Å²) in [6.07, 6.45) is 0. The quantitative estimate of drug-likeness (QED) is 0.664. The Labute approximate surface area is 107 Å². The third-order valence-electron chi connectivity index (χ3n) is 2.57. The van der Waals surface area contributed by atoms with Gasteiger partial charge in [-0.25, -0.2) is 9.48 Å². The standard InChI is InChI=1S/C11H12N4O4/c1-6(2)5-14-10-8(12-13-14)3-7(11(16)17)4-9(10)15(18)19/h3-4,6H,5H2,1-2H3,(H,16,17). The van der Waals surface area contributed by atoms with Crippen molar-refractivity contribution in [3.05, 3.63) is 27.8 Å². The Kier molecular flexibility index (Phi) is 3.16. The van der Waals surface area contributed by atoms with Crippen molar-refractivity contribution in [2.75, 3.05) is 0 Å². The lowest BCUT2D eigenvalue weighted by atomic mass is 10.1. The number of nitro groups is 1. The largest absolute Gasteiger partial charge is 0.478 e. The van der Waals surface area contributed by atoms with Crippen LogP contribution in [0.15, 0.2) is 12.1 Å². The summed E-state index contributed by atoms with van der Waals surface area (Å²) in [4.78, 5) is 21.4. The summed E-state index contributed by atoms with van der Waals surface area (Å²) in [7, 11) is 0. The van der Waals surface area contributed by atoms with Crippen LogP contribution in [0, 0.1) is 16.0 Å². The summed E-state index contributed by atoms with van der Waals surface area (Å²) >= 11 is 0. The highest BCUT2D eigenvalue weighted by molar-refractivity contribution is 5.96. The number of rotatable bonds is 4. The van der Waals surface area contributed by atoms with Gasteiger partial charge in [0, 0.05) is 12.6 Å². The smallest absolute Gasteiger partial charge is 0.336 e. The molecule has 1 heterocycles. The maximum absolute atomic E-state index is 11.1. The normalized spacial score (nSPS) is 11.1. The van der Waals surface area contributed by atoms with Gasteiger partial charge in [-0.2, -0.15) is 0 Å². The average Bonchev–Trinajstić information content (AvgIpc) is 2.70. The molecule has 0 amide bonds. The molecular weight excluding hydrogens is 252 g/mol. The van der Waals surface area contributed by atoms with Gasteiger partial charge in [-0.3, -0.25) is 10.1 Å². The van der Waals surface area contributed by atoms with Gasteiger partial charge in [0.15, 0.2) is 5.52 Å². The van der Waals surface area contributed by atoms with Crippen LogP contribution in [0.5, 0.6) is 0 Å². The molecule has 0 aliphatic heterocycles. The molecule has 1 N–H and O–H groups in total. The Morgan fingerprint density at radius 3 is 2.74 bits per heavy atom. The second kappa shape index (κ2) is 4.63. The maximum atomic E-state index is 11.1. The molecule has 0 aliphatic rings. The van der Waals surface area contributed by atoms with Gasteiger partial charge in [0.1, 0.15) is 5.52 Å². The first kappa shape index (κ1) is 12.9. The summed E-state index contributed by atoms with van der Waals surface area (Å²) in [6.45, 7) is 4.37. The molecule has 0 unspecified atom stereocenters. The van der Waals surface area contributed by atoms with Crippen LogP contribution in [-0.2, 0) is 6.54 Å². The van der Waals surface area contributed by atoms with E-state index in [1.165, 1.54) is 10.7 Å². The second-order valence-electron chi connectivity index (χ2n) is 4.59. The van der Waals surface area contributed by atoms with E-state index in [0.29, 0.717) is 6.54 Å². The monoisotopic (exact) mass is 264 g/mol. The van der Waals surface area contributed by atoms with Crippen molar-refractivity contribution in [2.45, 2.75) is 20.4 Å². The number of hydrogen-bond donors (Lipinski definition) is 1. The van der Waals surface area contributed by atoms with E-state index < -0.39 is 10.9 Å². The van der Waals surface area contributed by atoms with Crippen LogP contribution in [0.2, 0.25) is 0 Å².